The van der Waals surface area contributed by atoms with Crippen molar-refractivity contribution in [2.45, 2.75) is 156 Å². The van der Waals surface area contributed by atoms with Crippen LogP contribution in [-0.2, 0) is 30.3 Å². The number of ether oxygens (including phenoxy) is 1. The van der Waals surface area contributed by atoms with Crippen molar-refractivity contribution in [2.75, 3.05) is 25.9 Å². The van der Waals surface area contributed by atoms with E-state index in [9.17, 15) is 29.1 Å². The number of carbonyl (C=O) groups is 5. The number of carboxylic acid groups (broad SMARTS) is 1. The lowest BCUT2D eigenvalue weighted by Crippen LogP contribution is -2.59. The number of benzene rings is 1. The number of hydrogen-bond acceptors (Lipinski definition) is 10. The van der Waals surface area contributed by atoms with Crippen LogP contribution >= 0.6 is 11.3 Å². The van der Waals surface area contributed by atoms with Gasteiger partial charge in [-0.2, -0.15) is 0 Å². The Kier molecular flexibility index (Phi) is 19.1. The maximum Gasteiger partial charge on any atom is 0.309 e. The van der Waals surface area contributed by atoms with Crippen molar-refractivity contribution in [1.82, 2.24) is 25.4 Å². The molecule has 1 fully saturated rings. The molecule has 14 heteroatoms. The zero-order valence-corrected chi connectivity index (χ0v) is 37.2. The third kappa shape index (κ3) is 14.4. The molecule has 3 rings (SSSR count). The number of rotatable bonds is 23. The number of nitrogens with zero attached hydrogens (tertiary/aromatic N) is 3. The number of aliphatic carboxylic acids is 1. The van der Waals surface area contributed by atoms with Gasteiger partial charge in [-0.1, -0.05) is 78.9 Å². The van der Waals surface area contributed by atoms with E-state index in [0.29, 0.717) is 30.1 Å². The highest BCUT2D eigenvalue weighted by Gasteiger charge is 2.39. The summed E-state index contributed by atoms with van der Waals surface area (Å²) in [7, 11) is 1.96. The minimum absolute atomic E-state index is 0.0552. The first-order valence-corrected chi connectivity index (χ1v) is 22.1. The van der Waals surface area contributed by atoms with E-state index in [1.807, 2.05) is 51.8 Å². The van der Waals surface area contributed by atoms with Crippen LogP contribution in [0.25, 0.3) is 0 Å². The molecule has 5 unspecified atom stereocenters. The number of piperidine rings is 1. The van der Waals surface area contributed by atoms with Crippen molar-refractivity contribution in [3.05, 3.63) is 45.9 Å². The third-order valence-corrected chi connectivity index (χ3v) is 12.4. The highest BCUT2D eigenvalue weighted by atomic mass is 32.1. The molecule has 13 nitrogen and oxygen atoms in total. The van der Waals surface area contributed by atoms with Gasteiger partial charge in [0.2, 0.25) is 11.8 Å². The van der Waals surface area contributed by atoms with Crippen molar-refractivity contribution in [1.29, 1.82) is 0 Å². The summed E-state index contributed by atoms with van der Waals surface area (Å²) in [4.78, 5) is 75.7. The molecule has 0 bridgehead atoms. The Morgan fingerprint density at radius 3 is 2.33 bits per heavy atom. The number of likely N-dealkylation sites (tertiary alicyclic amines) is 1. The second-order valence-corrected chi connectivity index (χ2v) is 18.1. The van der Waals surface area contributed by atoms with Gasteiger partial charge in [0.25, 0.3) is 5.91 Å². The fourth-order valence-electron chi connectivity index (χ4n) is 7.66. The molecule has 1 saturated heterocycles. The Labute approximate surface area is 350 Å². The van der Waals surface area contributed by atoms with Crippen molar-refractivity contribution >= 4 is 46.7 Å². The Balaban J connectivity index is 1.94. The molecular formula is C44H70N6O7S. The first-order chi connectivity index (χ1) is 27.4. The molecule has 1 aliphatic rings. The van der Waals surface area contributed by atoms with E-state index in [-0.39, 0.29) is 54.3 Å². The van der Waals surface area contributed by atoms with Gasteiger partial charge in [0.15, 0.2) is 6.10 Å². The SMILES string of the molecule is CCCCCCN(C(=O)C(NC(=O)[C@H]1CCCCN1C)C(C)CC)C(CC(OC(C)=O)c1nc(C(=O)NC(Cc2ccc(N)cc2)CC(C)(C)C(=O)O)cs1)C(C)C. The van der Waals surface area contributed by atoms with E-state index in [1.165, 1.54) is 18.3 Å². The maximum atomic E-state index is 14.9. The van der Waals surface area contributed by atoms with E-state index in [2.05, 4.69) is 27.4 Å². The Morgan fingerprint density at radius 2 is 1.74 bits per heavy atom. The molecule has 324 valence electrons. The predicted molar refractivity (Wildman–Crippen MR) is 229 cm³/mol. The first-order valence-electron chi connectivity index (χ1n) is 21.2. The van der Waals surface area contributed by atoms with Crippen molar-refractivity contribution < 1.29 is 33.8 Å². The van der Waals surface area contributed by atoms with E-state index in [4.69, 9.17) is 10.5 Å². The lowest BCUT2D eigenvalue weighted by Gasteiger charge is -2.40. The highest BCUT2D eigenvalue weighted by molar-refractivity contribution is 7.09. The number of carboxylic acids is 1. The van der Waals surface area contributed by atoms with E-state index in [0.717, 1.165) is 57.1 Å². The summed E-state index contributed by atoms with van der Waals surface area (Å²) in [5.74, 6) is -2.41. The molecule has 0 spiro atoms. The minimum Gasteiger partial charge on any atom is -0.481 e. The number of amides is 3. The Bertz CT molecular complexity index is 1650. The zero-order chi connectivity index (χ0) is 43.2. The number of esters is 1. The summed E-state index contributed by atoms with van der Waals surface area (Å²) in [5, 5.41) is 18.1. The summed E-state index contributed by atoms with van der Waals surface area (Å²) in [6.45, 7) is 16.1. The van der Waals surface area contributed by atoms with Crippen LogP contribution in [0.1, 0.15) is 147 Å². The number of thiazole rings is 1. The fourth-order valence-corrected chi connectivity index (χ4v) is 8.50. The second kappa shape index (κ2) is 22.9. The second-order valence-electron chi connectivity index (χ2n) is 17.2. The topological polar surface area (TPSA) is 184 Å². The van der Waals surface area contributed by atoms with E-state index in [1.54, 1.807) is 31.4 Å². The van der Waals surface area contributed by atoms with Crippen LogP contribution in [0.2, 0.25) is 0 Å². The Hall–Kier alpha value is -4.04. The summed E-state index contributed by atoms with van der Waals surface area (Å²) in [5.41, 5.74) is 6.37. The molecule has 3 amide bonds. The summed E-state index contributed by atoms with van der Waals surface area (Å²) < 4.78 is 5.92. The Morgan fingerprint density at radius 1 is 1.05 bits per heavy atom. The van der Waals surface area contributed by atoms with Crippen LogP contribution in [-0.4, -0.2) is 93.9 Å². The number of aromatic nitrogens is 1. The molecule has 0 saturated carbocycles. The molecule has 58 heavy (non-hydrogen) atoms. The van der Waals surface area contributed by atoms with Gasteiger partial charge in [-0.15, -0.1) is 11.3 Å². The molecule has 2 heterocycles. The predicted octanol–water partition coefficient (Wildman–Crippen LogP) is 7.01. The average Bonchev–Trinajstić information content (AvgIpc) is 3.67. The summed E-state index contributed by atoms with van der Waals surface area (Å²) in [6.07, 6.45) is 7.18. The van der Waals surface area contributed by atoms with Crippen LogP contribution in [0.15, 0.2) is 29.6 Å². The number of anilines is 1. The molecule has 0 radical (unpaired) electrons. The smallest absolute Gasteiger partial charge is 0.309 e. The number of carbonyl (C=O) groups excluding carboxylic acids is 4. The molecule has 1 aromatic carbocycles. The fraction of sp³-hybridized carbons (Fsp3) is 0.682. The largest absolute Gasteiger partial charge is 0.481 e. The molecule has 6 atom stereocenters. The first kappa shape index (κ1) is 48.3. The molecular weight excluding hydrogens is 757 g/mol. The van der Waals surface area contributed by atoms with Gasteiger partial charge in [0, 0.05) is 43.0 Å². The summed E-state index contributed by atoms with van der Waals surface area (Å²) in [6, 6.07) is 5.30. The van der Waals surface area contributed by atoms with Gasteiger partial charge < -0.3 is 31.1 Å². The molecule has 0 aliphatic carbocycles. The van der Waals surface area contributed by atoms with Gasteiger partial charge in [0.1, 0.15) is 16.7 Å². The lowest BCUT2D eigenvalue weighted by molar-refractivity contribution is -0.150. The van der Waals surface area contributed by atoms with Crippen molar-refractivity contribution in [2.24, 2.45) is 17.3 Å². The van der Waals surface area contributed by atoms with Crippen molar-refractivity contribution in [3.63, 3.8) is 0 Å². The normalized spacial score (nSPS) is 17.4. The molecule has 5 N–H and O–H groups in total. The van der Waals surface area contributed by atoms with Gasteiger partial charge in [-0.3, -0.25) is 28.9 Å². The number of hydrogen-bond donors (Lipinski definition) is 4. The van der Waals surface area contributed by atoms with Crippen LogP contribution in [0.3, 0.4) is 0 Å². The van der Waals surface area contributed by atoms with Gasteiger partial charge >= 0.3 is 11.9 Å². The number of likely N-dealkylation sites (N-methyl/N-ethyl adjacent to an activating group) is 1. The number of nitrogens with two attached hydrogens (primary N) is 1. The van der Waals surface area contributed by atoms with Crippen LogP contribution in [0.5, 0.6) is 0 Å². The third-order valence-electron chi connectivity index (χ3n) is 11.5. The lowest BCUT2D eigenvalue weighted by atomic mass is 9.84. The summed E-state index contributed by atoms with van der Waals surface area (Å²) >= 11 is 1.19. The molecule has 2 aromatic rings. The van der Waals surface area contributed by atoms with Crippen LogP contribution in [0.4, 0.5) is 5.69 Å². The van der Waals surface area contributed by atoms with Gasteiger partial charge in [-0.25, -0.2) is 4.98 Å². The zero-order valence-electron chi connectivity index (χ0n) is 36.3. The molecule has 1 aliphatic heterocycles. The van der Waals surface area contributed by atoms with Gasteiger partial charge in [0.05, 0.1) is 11.5 Å². The number of unbranched alkanes of at least 4 members (excludes halogenated alkanes) is 3. The average molecular weight is 827 g/mol. The quantitative estimate of drug-likeness (QED) is 0.0517. The monoisotopic (exact) mass is 827 g/mol. The highest BCUT2D eigenvalue weighted by Crippen LogP contribution is 2.32. The number of nitrogens with one attached hydrogen (secondary N) is 2. The minimum atomic E-state index is -1.12. The van der Waals surface area contributed by atoms with Crippen LogP contribution in [0, 0.1) is 17.3 Å². The van der Waals surface area contributed by atoms with E-state index >= 15 is 0 Å². The van der Waals surface area contributed by atoms with Gasteiger partial charge in [-0.05, 0) is 89.1 Å². The van der Waals surface area contributed by atoms with Crippen molar-refractivity contribution in [3.8, 4) is 0 Å². The molecule has 1 aromatic heterocycles. The van der Waals surface area contributed by atoms with E-state index < -0.39 is 41.4 Å². The van der Waals surface area contributed by atoms with Crippen LogP contribution < -0.4 is 16.4 Å². The standard InChI is InChI=1S/C44H70N6O7S/c1-10-12-13-15-23-50(42(54)38(29(5)11-2)48-40(53)35-17-14-16-22-49(35)9)36(28(3)4)25-37(57-30(6)51)41-47-34(27-58-41)39(52)46-33(26-44(7,8)43(55)56)24-31-18-20-32(45)21-19-31/h18-21,27-29,33,35-38H,10-17,22-26,45H2,1-9H3,(H,46,52)(H,48,53)(H,55,56)/t29?,33?,35-,36?,37?,38?/m1/s1. The maximum absolute atomic E-state index is 14.9. The number of nitrogen functional groups attached to an aromatic ring is 1.